The SMILES string of the molecule is O=C(Nc1c(F)cccc1F)[C@H]1NCc2ccc(N[O-])cc21. The molecule has 1 aliphatic heterocycles. The van der Waals surface area contributed by atoms with Gasteiger partial charge in [-0.1, -0.05) is 12.1 Å². The number of halogens is 2. The quantitative estimate of drug-likeness (QED) is 0.762. The largest absolute Gasteiger partial charge is 0.761 e. The van der Waals surface area contributed by atoms with E-state index in [1.807, 2.05) is 0 Å². The van der Waals surface area contributed by atoms with Gasteiger partial charge in [-0.3, -0.25) is 10.1 Å². The van der Waals surface area contributed by atoms with Gasteiger partial charge < -0.3 is 16.0 Å². The van der Waals surface area contributed by atoms with Crippen LogP contribution in [0.1, 0.15) is 17.2 Å². The van der Waals surface area contributed by atoms with E-state index in [-0.39, 0.29) is 0 Å². The van der Waals surface area contributed by atoms with Crippen LogP contribution in [0.3, 0.4) is 0 Å². The first-order chi connectivity index (χ1) is 10.6. The molecule has 1 aliphatic rings. The number of hydrogen-bond acceptors (Lipinski definition) is 4. The zero-order valence-electron chi connectivity index (χ0n) is 11.3. The molecule has 7 heteroatoms. The summed E-state index contributed by atoms with van der Waals surface area (Å²) in [6.07, 6.45) is 0. The van der Waals surface area contributed by atoms with E-state index in [9.17, 15) is 18.8 Å². The van der Waals surface area contributed by atoms with Crippen molar-refractivity contribution in [1.29, 1.82) is 0 Å². The number of carbonyl (C=O) groups excluding carboxylic acids is 1. The smallest absolute Gasteiger partial charge is 0.246 e. The maximum atomic E-state index is 13.6. The van der Waals surface area contributed by atoms with E-state index in [0.29, 0.717) is 17.8 Å². The van der Waals surface area contributed by atoms with Crippen molar-refractivity contribution < 1.29 is 13.6 Å². The minimum atomic E-state index is -0.846. The lowest BCUT2D eigenvalue weighted by molar-refractivity contribution is -0.118. The molecule has 0 spiro atoms. The first kappa shape index (κ1) is 14.4. The van der Waals surface area contributed by atoms with Gasteiger partial charge in [-0.25, -0.2) is 8.78 Å². The molecule has 0 unspecified atom stereocenters. The van der Waals surface area contributed by atoms with Crippen LogP contribution in [0, 0.1) is 16.8 Å². The molecule has 22 heavy (non-hydrogen) atoms. The van der Waals surface area contributed by atoms with Gasteiger partial charge in [0.2, 0.25) is 5.91 Å². The van der Waals surface area contributed by atoms with Gasteiger partial charge in [0.25, 0.3) is 0 Å². The highest BCUT2D eigenvalue weighted by Crippen LogP contribution is 2.29. The van der Waals surface area contributed by atoms with E-state index in [1.54, 1.807) is 23.7 Å². The van der Waals surface area contributed by atoms with Crippen molar-refractivity contribution >= 4 is 17.3 Å². The Bertz CT molecular complexity index is 716. The van der Waals surface area contributed by atoms with Crippen molar-refractivity contribution in [2.75, 3.05) is 10.8 Å². The van der Waals surface area contributed by atoms with E-state index in [4.69, 9.17) is 0 Å². The number of anilines is 2. The van der Waals surface area contributed by atoms with E-state index in [0.717, 1.165) is 17.7 Å². The molecule has 0 aliphatic carbocycles. The van der Waals surface area contributed by atoms with Crippen LogP contribution in [-0.2, 0) is 11.3 Å². The van der Waals surface area contributed by atoms with Crippen LogP contribution in [0.4, 0.5) is 20.2 Å². The number of fused-ring (bicyclic) bond motifs is 1. The number of carbonyl (C=O) groups is 1. The molecule has 0 saturated carbocycles. The van der Waals surface area contributed by atoms with Gasteiger partial charge >= 0.3 is 0 Å². The second-order valence-corrected chi connectivity index (χ2v) is 4.92. The maximum absolute atomic E-state index is 13.6. The zero-order chi connectivity index (χ0) is 15.7. The Morgan fingerprint density at radius 2 is 1.95 bits per heavy atom. The second kappa shape index (κ2) is 5.70. The third-order valence-electron chi connectivity index (χ3n) is 3.54. The van der Waals surface area contributed by atoms with Gasteiger partial charge in [0.15, 0.2) is 0 Å². The number of rotatable bonds is 3. The summed E-state index contributed by atoms with van der Waals surface area (Å²) >= 11 is 0. The minimum Gasteiger partial charge on any atom is -0.761 e. The summed E-state index contributed by atoms with van der Waals surface area (Å²) in [6, 6.07) is 7.44. The predicted octanol–water partition coefficient (Wildman–Crippen LogP) is 2.66. The van der Waals surface area contributed by atoms with Gasteiger partial charge in [-0.05, 0) is 35.4 Å². The van der Waals surface area contributed by atoms with Crippen molar-refractivity contribution in [1.82, 2.24) is 5.32 Å². The maximum Gasteiger partial charge on any atom is 0.246 e. The third kappa shape index (κ3) is 2.51. The monoisotopic (exact) mass is 304 g/mol. The number of benzene rings is 2. The fourth-order valence-electron chi connectivity index (χ4n) is 2.46. The predicted molar refractivity (Wildman–Crippen MR) is 78.0 cm³/mol. The Balaban J connectivity index is 1.86. The van der Waals surface area contributed by atoms with Crippen LogP contribution in [-0.4, -0.2) is 5.91 Å². The summed E-state index contributed by atoms with van der Waals surface area (Å²) in [5, 5.41) is 15.9. The molecule has 3 N–H and O–H groups in total. The molecule has 1 amide bonds. The van der Waals surface area contributed by atoms with Crippen molar-refractivity contribution in [3.63, 3.8) is 0 Å². The highest BCUT2D eigenvalue weighted by Gasteiger charge is 2.29. The second-order valence-electron chi connectivity index (χ2n) is 4.92. The summed E-state index contributed by atoms with van der Waals surface area (Å²) in [7, 11) is 0. The van der Waals surface area contributed by atoms with E-state index >= 15 is 0 Å². The number of hydrogen-bond donors (Lipinski definition) is 3. The van der Waals surface area contributed by atoms with Crippen molar-refractivity contribution in [3.05, 3.63) is 64.4 Å². The van der Waals surface area contributed by atoms with Crippen molar-refractivity contribution in [3.8, 4) is 0 Å². The first-order valence-electron chi connectivity index (χ1n) is 6.59. The van der Waals surface area contributed by atoms with Crippen LogP contribution < -0.4 is 16.1 Å². The molecule has 2 aromatic carbocycles. The Morgan fingerprint density at radius 1 is 1.23 bits per heavy atom. The molecule has 0 fully saturated rings. The molecule has 114 valence electrons. The fourth-order valence-corrected chi connectivity index (χ4v) is 2.46. The highest BCUT2D eigenvalue weighted by molar-refractivity contribution is 5.96. The fraction of sp³-hybridized carbons (Fsp3) is 0.133. The lowest BCUT2D eigenvalue weighted by Crippen LogP contribution is -2.28. The Hall–Kier alpha value is -2.51. The molecule has 1 atom stereocenters. The van der Waals surface area contributed by atoms with Gasteiger partial charge in [-0.2, -0.15) is 0 Å². The normalized spacial score (nSPS) is 16.2. The molecule has 3 rings (SSSR count). The zero-order valence-corrected chi connectivity index (χ0v) is 11.3. The Labute approximate surface area is 124 Å². The van der Waals surface area contributed by atoms with Crippen molar-refractivity contribution in [2.45, 2.75) is 12.6 Å². The number of nitrogens with one attached hydrogen (secondary N) is 3. The molecule has 0 radical (unpaired) electrons. The topological polar surface area (TPSA) is 76.2 Å². The van der Waals surface area contributed by atoms with E-state index in [2.05, 4.69) is 10.6 Å². The third-order valence-corrected chi connectivity index (χ3v) is 3.54. The Morgan fingerprint density at radius 3 is 2.64 bits per heavy atom. The molecular formula is C15H12F2N3O2-. The molecule has 2 aromatic rings. The van der Waals surface area contributed by atoms with Gasteiger partial charge in [-0.15, -0.1) is 0 Å². The van der Waals surface area contributed by atoms with Crippen LogP contribution in [0.2, 0.25) is 0 Å². The first-order valence-corrected chi connectivity index (χ1v) is 6.59. The lowest BCUT2D eigenvalue weighted by atomic mass is 10.0. The molecular weight excluding hydrogens is 292 g/mol. The van der Waals surface area contributed by atoms with E-state index < -0.39 is 29.3 Å². The molecule has 1 heterocycles. The van der Waals surface area contributed by atoms with Gasteiger partial charge in [0.05, 0.1) is 0 Å². The van der Waals surface area contributed by atoms with Crippen molar-refractivity contribution in [2.24, 2.45) is 0 Å². The molecule has 0 bridgehead atoms. The highest BCUT2D eigenvalue weighted by atomic mass is 19.1. The average molecular weight is 304 g/mol. The Kier molecular flexibility index (Phi) is 3.74. The lowest BCUT2D eigenvalue weighted by Gasteiger charge is -2.15. The standard InChI is InChI=1S/C15H12F2N3O2/c16-11-2-1-3-12(17)14(11)19-15(21)13-10-6-9(20-22)5-4-8(10)7-18-13/h1-6,13,18,20H,7H2,(H,19,21)/q-1/t13-/m0/s1. The van der Waals surface area contributed by atoms with Crippen LogP contribution in [0.15, 0.2) is 36.4 Å². The molecule has 5 nitrogen and oxygen atoms in total. The summed E-state index contributed by atoms with van der Waals surface area (Å²) < 4.78 is 27.2. The summed E-state index contributed by atoms with van der Waals surface area (Å²) in [5.74, 6) is -2.28. The van der Waals surface area contributed by atoms with Gasteiger partial charge in [0.1, 0.15) is 23.4 Å². The summed E-state index contributed by atoms with van der Waals surface area (Å²) in [6.45, 7) is 0.437. The minimum absolute atomic E-state index is 0.317. The average Bonchev–Trinajstić information content (AvgIpc) is 2.94. The molecule has 0 saturated heterocycles. The van der Waals surface area contributed by atoms with Crippen LogP contribution in [0.5, 0.6) is 0 Å². The summed E-state index contributed by atoms with van der Waals surface area (Å²) in [4.78, 5) is 12.3. The number of amides is 1. The molecule has 0 aromatic heterocycles. The van der Waals surface area contributed by atoms with Gasteiger partial charge in [0, 0.05) is 12.2 Å². The van der Waals surface area contributed by atoms with Crippen LogP contribution in [0.25, 0.3) is 0 Å². The van der Waals surface area contributed by atoms with Crippen LogP contribution >= 0.6 is 0 Å². The number of para-hydroxylation sites is 1. The van der Waals surface area contributed by atoms with E-state index in [1.165, 1.54) is 6.07 Å². The summed E-state index contributed by atoms with van der Waals surface area (Å²) in [5.41, 5.74) is 3.05.